The maximum absolute atomic E-state index is 6.92. The molecule has 2 heteroatoms. The van der Waals surface area contributed by atoms with Crippen molar-refractivity contribution in [3.05, 3.63) is 0 Å². The molecule has 0 saturated heterocycles. The number of rotatable bonds is 4. The zero-order valence-corrected chi connectivity index (χ0v) is 7.73. The number of hydrogen-bond acceptors (Lipinski definition) is 2. The summed E-state index contributed by atoms with van der Waals surface area (Å²) in [6.07, 6.45) is 0. The van der Waals surface area contributed by atoms with Gasteiger partial charge in [-0.15, -0.1) is 0 Å². The summed E-state index contributed by atoms with van der Waals surface area (Å²) < 4.78 is 6.92. The molecule has 0 spiro atoms. The maximum atomic E-state index is 6.92. The smallest absolute Gasteiger partial charge is 0.118 e. The van der Waals surface area contributed by atoms with Gasteiger partial charge >= 0.3 is 0 Å². The lowest BCUT2D eigenvalue weighted by Gasteiger charge is -2.37. The molecule has 0 aliphatic carbocycles. The minimum atomic E-state index is 0.0654. The van der Waals surface area contributed by atoms with Crippen LogP contribution >= 0.6 is 0 Å². The lowest BCUT2D eigenvalue weighted by atomic mass is 10.0. The fourth-order valence-corrected chi connectivity index (χ4v) is 0.824. The van der Waals surface area contributed by atoms with E-state index < -0.39 is 0 Å². The van der Waals surface area contributed by atoms with Crippen molar-refractivity contribution in [1.82, 2.24) is 4.90 Å². The van der Waals surface area contributed by atoms with Crippen molar-refractivity contribution in [2.75, 3.05) is 13.6 Å². The van der Waals surface area contributed by atoms with Gasteiger partial charge in [-0.1, -0.05) is 0 Å². The molecule has 0 bridgehead atoms. The molecule has 0 rings (SSSR count). The summed E-state index contributed by atoms with van der Waals surface area (Å²) in [5.74, 6) is 0. The Kier molecular flexibility index (Phi) is 2.69. The van der Waals surface area contributed by atoms with Gasteiger partial charge in [-0.3, -0.25) is 4.90 Å². The Hall–Kier alpha value is -0.0800. The Balaban J connectivity index is 4.05. The van der Waals surface area contributed by atoms with Gasteiger partial charge < -0.3 is 5.73 Å². The predicted molar refractivity (Wildman–Crippen MR) is 46.0 cm³/mol. The summed E-state index contributed by atoms with van der Waals surface area (Å²) >= 11 is 0. The van der Waals surface area contributed by atoms with Crippen molar-refractivity contribution < 1.29 is 1.41 Å². The molecule has 0 aromatic heterocycles. The van der Waals surface area contributed by atoms with E-state index in [0.717, 1.165) is 0 Å². The lowest BCUT2D eigenvalue weighted by molar-refractivity contribution is 0.126. The third-order valence-corrected chi connectivity index (χ3v) is 2.16. The molecular formula is C8H20N2. The average molecular weight is 146 g/mol. The first-order valence-corrected chi connectivity index (χ1v) is 3.79. The highest BCUT2D eigenvalue weighted by Crippen LogP contribution is 2.12. The lowest BCUT2D eigenvalue weighted by Crippen LogP contribution is -2.50. The second-order valence-electron chi connectivity index (χ2n) is 3.69. The fraction of sp³-hybridized carbons (Fsp3) is 1.00. The van der Waals surface area contributed by atoms with Crippen molar-refractivity contribution in [3.63, 3.8) is 0 Å². The van der Waals surface area contributed by atoms with Gasteiger partial charge in [0.25, 0.3) is 0 Å². The molecule has 0 amide bonds. The van der Waals surface area contributed by atoms with Crippen LogP contribution in [-0.2, 0) is 0 Å². The third kappa shape index (κ3) is 2.27. The van der Waals surface area contributed by atoms with Gasteiger partial charge in [0.15, 0.2) is 0 Å². The molecule has 0 heterocycles. The molecule has 2 nitrogen and oxygen atoms in total. The van der Waals surface area contributed by atoms with Crippen LogP contribution in [0.25, 0.3) is 0 Å². The number of nitrogens with zero attached hydrogens (tertiary/aromatic N) is 1. The van der Waals surface area contributed by atoms with Crippen LogP contribution in [0.4, 0.5) is 0 Å². The average Bonchev–Trinajstić information content (AvgIpc) is 1.86. The van der Waals surface area contributed by atoms with Crippen molar-refractivity contribution in [2.24, 2.45) is 5.73 Å². The van der Waals surface area contributed by atoms with Gasteiger partial charge in [0.1, 0.15) is 1.41 Å². The predicted octanol–water partition coefficient (Wildman–Crippen LogP) is 1.06. The quantitative estimate of drug-likeness (QED) is 0.642. The van der Waals surface area contributed by atoms with Crippen LogP contribution in [0.2, 0.25) is 1.41 Å². The highest BCUT2D eigenvalue weighted by Gasteiger charge is 2.22. The zero-order valence-electron chi connectivity index (χ0n) is 8.73. The number of hydrogen-bond donors (Lipinski definition) is 1. The summed E-state index contributed by atoms with van der Waals surface area (Å²) in [7, 11) is 2.09. The maximum Gasteiger partial charge on any atom is 0.118 e. The highest BCUT2D eigenvalue weighted by atomic mass is 15.2. The molecule has 62 valence electrons. The molecule has 0 radical (unpaired) electrons. The molecule has 0 aromatic rings. The van der Waals surface area contributed by atoms with E-state index in [4.69, 9.17) is 1.41 Å². The van der Waals surface area contributed by atoms with E-state index in [1.165, 1.54) is 0 Å². The Morgan fingerprint density at radius 1 is 1.60 bits per heavy atom. The Morgan fingerprint density at radius 3 is 2.40 bits per heavy atom. The molecule has 0 fully saturated rings. The van der Waals surface area contributed by atoms with Crippen LogP contribution < -0.4 is 5.73 Å². The number of nitrogens with two attached hydrogens (primary N) is 1. The highest BCUT2D eigenvalue weighted by molar-refractivity contribution is 4.81. The minimum Gasteiger partial charge on any atom is -0.329 e. The van der Waals surface area contributed by atoms with E-state index in [2.05, 4.69) is 45.4 Å². The summed E-state index contributed by atoms with van der Waals surface area (Å²) in [5, 5.41) is 0. The SMILES string of the molecule is [3H]NCC(C)(C)N(C)C(C)C. The number of likely N-dealkylation sites (N-methyl/N-ethyl adjacent to an activating group) is 1. The molecule has 10 heavy (non-hydrogen) atoms. The van der Waals surface area contributed by atoms with Crippen LogP contribution in [0.5, 0.6) is 0 Å². The standard InChI is InChI=1S/C8H20N2/c1-7(2)10(5)8(3,4)6-9/h7H,6,9H2,1-5H3/i/hT. The molecule has 0 atom stereocenters. The molecule has 0 unspecified atom stereocenters. The van der Waals surface area contributed by atoms with Gasteiger partial charge in [-0.2, -0.15) is 0 Å². The summed E-state index contributed by atoms with van der Waals surface area (Å²) in [5.41, 5.74) is 2.52. The summed E-state index contributed by atoms with van der Waals surface area (Å²) in [4.78, 5) is 2.26. The largest absolute Gasteiger partial charge is 0.329 e. The fourth-order valence-electron chi connectivity index (χ4n) is 0.824. The van der Waals surface area contributed by atoms with Crippen molar-refractivity contribution in [2.45, 2.75) is 39.3 Å². The van der Waals surface area contributed by atoms with E-state index in [9.17, 15) is 0 Å². The molecule has 0 aliphatic heterocycles. The van der Waals surface area contributed by atoms with E-state index in [1.807, 2.05) is 0 Å². The Morgan fingerprint density at radius 2 is 2.10 bits per heavy atom. The van der Waals surface area contributed by atoms with Crippen molar-refractivity contribution in [1.29, 1.82) is 0 Å². The molecule has 0 aliphatic rings. The van der Waals surface area contributed by atoms with Gasteiger partial charge in [0.05, 0.1) is 0 Å². The van der Waals surface area contributed by atoms with Crippen LogP contribution in [0, 0.1) is 0 Å². The van der Waals surface area contributed by atoms with E-state index in [-0.39, 0.29) is 5.54 Å². The second kappa shape index (κ2) is 3.35. The van der Waals surface area contributed by atoms with Gasteiger partial charge in [0, 0.05) is 18.1 Å². The first-order valence-electron chi connectivity index (χ1n) is 4.29. The van der Waals surface area contributed by atoms with Crippen LogP contribution in [0.3, 0.4) is 0 Å². The summed E-state index contributed by atoms with van der Waals surface area (Å²) in [6, 6.07) is 0.526. The topological polar surface area (TPSA) is 29.3 Å². The Labute approximate surface area is 65.9 Å². The zero-order chi connectivity index (χ0) is 9.07. The monoisotopic (exact) mass is 146 g/mol. The molecule has 2 N–H and O–H groups in total. The van der Waals surface area contributed by atoms with Gasteiger partial charge in [-0.25, -0.2) is 0 Å². The van der Waals surface area contributed by atoms with Gasteiger partial charge in [-0.05, 0) is 34.7 Å². The Bertz CT molecular complexity index is 113. The third-order valence-electron chi connectivity index (χ3n) is 2.16. The second-order valence-corrected chi connectivity index (χ2v) is 3.69. The van der Waals surface area contributed by atoms with Gasteiger partial charge in [0.2, 0.25) is 0 Å². The van der Waals surface area contributed by atoms with Crippen LogP contribution in [0.1, 0.15) is 27.7 Å². The minimum absolute atomic E-state index is 0.0654. The summed E-state index contributed by atoms with van der Waals surface area (Å²) in [6.45, 7) is 9.28. The first kappa shape index (κ1) is 8.02. The van der Waals surface area contributed by atoms with E-state index in [0.29, 0.717) is 12.6 Å². The van der Waals surface area contributed by atoms with E-state index in [1.54, 1.807) is 0 Å². The molecular weight excluding hydrogens is 124 g/mol. The van der Waals surface area contributed by atoms with Crippen molar-refractivity contribution >= 4 is 0 Å². The molecule has 0 saturated carbocycles. The first-order chi connectivity index (χ1) is 4.91. The van der Waals surface area contributed by atoms with Crippen molar-refractivity contribution in [3.8, 4) is 0 Å². The normalized spacial score (nSPS) is 14.5. The van der Waals surface area contributed by atoms with E-state index >= 15 is 0 Å². The van der Waals surface area contributed by atoms with Crippen LogP contribution in [0.15, 0.2) is 0 Å². The molecule has 0 aromatic carbocycles. The van der Waals surface area contributed by atoms with Crippen LogP contribution in [-0.4, -0.2) is 30.1 Å².